The molecule has 0 saturated carbocycles. The van der Waals surface area contributed by atoms with Crippen molar-refractivity contribution in [2.24, 2.45) is 0 Å². The van der Waals surface area contributed by atoms with Crippen LogP contribution in [0, 0.1) is 0 Å². The van der Waals surface area contributed by atoms with E-state index in [9.17, 15) is 0 Å². The van der Waals surface area contributed by atoms with Gasteiger partial charge in [-0.1, -0.05) is 6.08 Å². The van der Waals surface area contributed by atoms with Gasteiger partial charge in [0.05, 0.1) is 12.9 Å². The van der Waals surface area contributed by atoms with Crippen LogP contribution in [0.2, 0.25) is 0 Å². The highest BCUT2D eigenvalue weighted by atomic mass is 79.9. The molecule has 0 aliphatic carbocycles. The number of rotatable bonds is 4. The largest absolute Gasteiger partial charge is 0.501 e. The van der Waals surface area contributed by atoms with Crippen LogP contribution in [-0.2, 0) is 4.74 Å². The van der Waals surface area contributed by atoms with Gasteiger partial charge in [0.15, 0.2) is 0 Å². The number of halogens is 1. The lowest BCUT2D eigenvalue weighted by Crippen LogP contribution is -1.74. The molecule has 0 rings (SSSR count). The maximum absolute atomic E-state index is 4.95. The topological polar surface area (TPSA) is 9.23 Å². The third-order valence-corrected chi connectivity index (χ3v) is 2.25. The first-order chi connectivity index (χ1) is 4.41. The van der Waals surface area contributed by atoms with Crippen LogP contribution in [0.25, 0.3) is 0 Å². The Bertz CT molecular complexity index is 101. The van der Waals surface area contributed by atoms with Crippen molar-refractivity contribution in [3.8, 4) is 0 Å². The van der Waals surface area contributed by atoms with Gasteiger partial charge in [-0.3, -0.25) is 12.9 Å². The molecule has 0 aromatic carbocycles. The summed E-state index contributed by atoms with van der Waals surface area (Å²) in [6, 6.07) is 0. The van der Waals surface area contributed by atoms with E-state index in [1.165, 1.54) is 0 Å². The maximum Gasteiger partial charge on any atom is 0.498 e. The highest BCUT2D eigenvalue weighted by Gasteiger charge is 1.72. The average molecular weight is 201 g/mol. The van der Waals surface area contributed by atoms with E-state index in [0.717, 1.165) is 6.61 Å². The summed E-state index contributed by atoms with van der Waals surface area (Å²) in [4.78, 5) is 0. The van der Waals surface area contributed by atoms with Crippen LogP contribution in [0.3, 0.4) is 0 Å². The monoisotopic (exact) mass is 200 g/mol. The Balaban J connectivity index is 3.13. The fraction of sp³-hybridized carbons (Fsp3) is 0.333. The summed E-state index contributed by atoms with van der Waals surface area (Å²) < 4.78 is 7.08. The van der Waals surface area contributed by atoms with E-state index in [2.05, 4.69) is 17.1 Å². The molecule has 3 heteroatoms. The van der Waals surface area contributed by atoms with Gasteiger partial charge in [0.2, 0.25) is 0 Å². The van der Waals surface area contributed by atoms with E-state index in [0.29, 0.717) is 0 Å². The summed E-state index contributed by atoms with van der Waals surface area (Å²) in [5, 5.41) is 0. The number of hydrogen-bond donors (Lipinski definition) is 0. The minimum Gasteiger partial charge on any atom is -0.501 e. The van der Waals surface area contributed by atoms with Crippen LogP contribution in [-0.4, -0.2) is 24.8 Å². The zero-order chi connectivity index (χ0) is 6.95. The summed E-state index contributed by atoms with van der Waals surface area (Å²) in [5.41, 5.74) is 0. The first kappa shape index (κ1) is 9.53. The van der Waals surface area contributed by atoms with Crippen molar-refractivity contribution in [1.82, 2.24) is 0 Å². The van der Waals surface area contributed by atoms with Crippen molar-refractivity contribution < 1.29 is 4.74 Å². The first-order valence-electron chi connectivity index (χ1n) is 2.91. The summed E-state index contributed by atoms with van der Waals surface area (Å²) in [7, 11) is 0. The molecule has 0 radical (unpaired) electrons. The summed E-state index contributed by atoms with van der Waals surface area (Å²) in [6.07, 6.45) is 5.60. The highest BCUT2D eigenvalue weighted by molar-refractivity contribution is 9.23. The summed E-state index contributed by atoms with van der Waals surface area (Å²) in [5.74, 6) is 0. The van der Waals surface area contributed by atoms with Gasteiger partial charge in [0.1, 0.15) is 0 Å². The van der Waals surface area contributed by atoms with Gasteiger partial charge in [-0.15, -0.1) is 0 Å². The van der Waals surface area contributed by atoms with Gasteiger partial charge in [0, 0.05) is 0 Å². The van der Waals surface area contributed by atoms with E-state index in [-0.39, 0.29) is 18.2 Å². The average Bonchev–Trinajstić information content (AvgIpc) is 1.89. The molecule has 0 aromatic rings. The molecule has 0 aliphatic heterocycles. The van der Waals surface area contributed by atoms with Gasteiger partial charge in [-0.2, -0.15) is 4.21 Å². The second-order valence-corrected chi connectivity index (χ2v) is 4.09. The molecular weight excluding hydrogens is 192 g/mol. The van der Waals surface area contributed by atoms with Crippen molar-refractivity contribution in [2.75, 3.05) is 6.61 Å². The normalized spacial score (nSPS) is 10.4. The molecule has 0 fully saturated rings. The lowest BCUT2D eigenvalue weighted by Gasteiger charge is -1.87. The van der Waals surface area contributed by atoms with E-state index in [1.807, 2.05) is 19.1 Å². The van der Waals surface area contributed by atoms with Crippen LogP contribution in [0.5, 0.6) is 0 Å². The molecule has 0 unspecified atom stereocenters. The Morgan fingerprint density at radius 2 is 2.33 bits per heavy atom. The van der Waals surface area contributed by atoms with E-state index >= 15 is 0 Å². The molecule has 9 heavy (non-hydrogen) atoms. The minimum atomic E-state index is -0.0951. The highest BCUT2D eigenvalue weighted by Crippen LogP contribution is 1.81. The maximum atomic E-state index is 4.95. The number of allylic oxidation sites excluding steroid dienone is 2. The molecule has 0 saturated heterocycles. The molecule has 0 N–H and O–H groups in total. The van der Waals surface area contributed by atoms with Crippen LogP contribution in [0.4, 0.5) is 0 Å². The van der Waals surface area contributed by atoms with Crippen LogP contribution >= 0.6 is 12.9 Å². The smallest absolute Gasteiger partial charge is 0.498 e. The van der Waals surface area contributed by atoms with E-state index < -0.39 is 0 Å². The first-order valence-corrected chi connectivity index (χ1v) is 7.62. The SMILES string of the molecule is CCOC=CC=[CH][Mg][Br]. The van der Waals surface area contributed by atoms with Gasteiger partial charge in [0.25, 0.3) is 0 Å². The second kappa shape index (κ2) is 8.53. The Morgan fingerprint density at radius 1 is 1.56 bits per heavy atom. The van der Waals surface area contributed by atoms with E-state index in [4.69, 9.17) is 4.74 Å². The standard InChI is InChI=1S/C6H9O.BrH.Mg/c1-3-5-6-7-4-2;;/h1,3,5-6H,4H2,2H3;1H;/q;;+1/p-1. The van der Waals surface area contributed by atoms with E-state index in [1.54, 1.807) is 6.26 Å². The zero-order valence-corrected chi connectivity index (χ0v) is 8.51. The van der Waals surface area contributed by atoms with Gasteiger partial charge in [-0.05, 0) is 13.0 Å². The Labute approximate surface area is 71.7 Å². The van der Waals surface area contributed by atoms with Crippen molar-refractivity contribution in [1.29, 1.82) is 0 Å². The second-order valence-electron chi connectivity index (χ2n) is 1.37. The third kappa shape index (κ3) is 8.53. The molecule has 0 atom stereocenters. The van der Waals surface area contributed by atoms with Crippen LogP contribution in [0.15, 0.2) is 22.6 Å². The quantitative estimate of drug-likeness (QED) is 0.384. The van der Waals surface area contributed by atoms with Crippen molar-refractivity contribution in [2.45, 2.75) is 6.92 Å². The summed E-state index contributed by atoms with van der Waals surface area (Å²) >= 11 is 3.30. The van der Waals surface area contributed by atoms with Crippen LogP contribution in [0.1, 0.15) is 6.92 Å². The van der Waals surface area contributed by atoms with Gasteiger partial charge in [-0.25, -0.2) is 0 Å². The Morgan fingerprint density at radius 3 is 2.89 bits per heavy atom. The molecule has 0 aromatic heterocycles. The molecule has 0 amide bonds. The van der Waals surface area contributed by atoms with Crippen molar-refractivity contribution in [3.05, 3.63) is 22.6 Å². The lowest BCUT2D eigenvalue weighted by molar-refractivity contribution is 0.269. The van der Waals surface area contributed by atoms with Gasteiger partial charge >= 0.3 is 18.2 Å². The van der Waals surface area contributed by atoms with Crippen LogP contribution < -0.4 is 0 Å². The van der Waals surface area contributed by atoms with Crippen molar-refractivity contribution >= 4 is 31.1 Å². The molecule has 48 valence electrons. The summed E-state index contributed by atoms with van der Waals surface area (Å²) in [6.45, 7) is 2.71. The lowest BCUT2D eigenvalue weighted by atomic mass is 10.6. The number of ether oxygens (including phenoxy) is 1. The molecule has 0 heterocycles. The number of hydrogen-bond acceptors (Lipinski definition) is 1. The minimum absolute atomic E-state index is 0.0951. The predicted molar refractivity (Wildman–Crippen MR) is 44.6 cm³/mol. The predicted octanol–water partition coefficient (Wildman–Crippen LogP) is 2.06. The molecule has 0 spiro atoms. The Hall–Kier alpha value is 0.526. The molecule has 0 aliphatic rings. The molecule has 0 bridgehead atoms. The fourth-order valence-electron chi connectivity index (χ4n) is 0.327. The zero-order valence-electron chi connectivity index (χ0n) is 5.51. The van der Waals surface area contributed by atoms with Crippen molar-refractivity contribution in [3.63, 3.8) is 0 Å². The fourth-order valence-corrected chi connectivity index (χ4v) is 1.23. The Kier molecular flexibility index (Phi) is 9.02. The molecule has 1 nitrogen and oxygen atoms in total. The van der Waals surface area contributed by atoms with Gasteiger partial charge < -0.3 is 4.74 Å². The molecular formula is C6H9BrMgO. The third-order valence-electron chi connectivity index (χ3n) is 0.678.